The summed E-state index contributed by atoms with van der Waals surface area (Å²) in [6.45, 7) is 2.05. The standard InChI is InChI=1S/C17H17N5O3S/c1-9-7-12-14(13(23)8-9)15(10-3-5-11(6-4-10)22(24)25)21-16(18-12)19-17(20-21)26-2/h3-6,9,15H,7-8H2,1-2H3,(H,18,19,20)/t9-,15+/m1/s1. The molecule has 0 amide bonds. The van der Waals surface area contributed by atoms with Gasteiger partial charge >= 0.3 is 0 Å². The number of nitrogens with one attached hydrogen (secondary N) is 1. The molecule has 9 heteroatoms. The molecule has 0 fully saturated rings. The Labute approximate surface area is 153 Å². The number of nitrogens with zero attached hydrogens (tertiary/aromatic N) is 4. The van der Waals surface area contributed by atoms with Gasteiger partial charge in [-0.3, -0.25) is 14.9 Å². The Bertz CT molecular complexity index is 934. The zero-order chi connectivity index (χ0) is 18.4. The lowest BCUT2D eigenvalue weighted by molar-refractivity contribution is -0.384. The van der Waals surface area contributed by atoms with Crippen molar-refractivity contribution in [3.8, 4) is 0 Å². The number of hydrogen-bond donors (Lipinski definition) is 1. The predicted molar refractivity (Wildman–Crippen MR) is 97.1 cm³/mol. The fourth-order valence-corrected chi connectivity index (χ4v) is 3.91. The number of ketones is 1. The van der Waals surface area contributed by atoms with Crippen LogP contribution in [0.1, 0.15) is 31.4 Å². The van der Waals surface area contributed by atoms with Crippen molar-refractivity contribution >= 4 is 29.2 Å². The molecule has 8 nitrogen and oxygen atoms in total. The fraction of sp³-hybridized carbons (Fsp3) is 0.353. The maximum absolute atomic E-state index is 12.8. The molecule has 0 radical (unpaired) electrons. The molecule has 0 spiro atoms. The molecule has 1 N–H and O–H groups in total. The van der Waals surface area contributed by atoms with E-state index in [0.29, 0.717) is 23.1 Å². The van der Waals surface area contributed by atoms with Gasteiger partial charge in [0, 0.05) is 29.8 Å². The lowest BCUT2D eigenvalue weighted by Gasteiger charge is -2.34. The van der Waals surface area contributed by atoms with Crippen LogP contribution in [0.3, 0.4) is 0 Å². The number of benzene rings is 1. The molecule has 2 aromatic rings. The summed E-state index contributed by atoms with van der Waals surface area (Å²) in [5.74, 6) is 0.945. The van der Waals surface area contributed by atoms with Crippen molar-refractivity contribution in [1.29, 1.82) is 0 Å². The summed E-state index contributed by atoms with van der Waals surface area (Å²) in [5.41, 5.74) is 2.36. The van der Waals surface area contributed by atoms with Gasteiger partial charge in [0.25, 0.3) is 5.69 Å². The van der Waals surface area contributed by atoms with Crippen molar-refractivity contribution in [2.24, 2.45) is 5.92 Å². The van der Waals surface area contributed by atoms with E-state index >= 15 is 0 Å². The van der Waals surface area contributed by atoms with Crippen molar-refractivity contribution in [2.45, 2.75) is 31.0 Å². The first kappa shape index (κ1) is 16.8. The maximum Gasteiger partial charge on any atom is 0.269 e. The van der Waals surface area contributed by atoms with E-state index in [4.69, 9.17) is 0 Å². The summed E-state index contributed by atoms with van der Waals surface area (Å²) in [6, 6.07) is 5.87. The quantitative estimate of drug-likeness (QED) is 0.502. The number of Topliss-reactive ketones (excluding diaryl/α,β-unsaturated/α-hetero) is 1. The summed E-state index contributed by atoms with van der Waals surface area (Å²) < 4.78 is 1.71. The molecule has 2 aliphatic rings. The normalized spacial score (nSPS) is 21.8. The molecule has 2 heterocycles. The van der Waals surface area contributed by atoms with E-state index in [1.807, 2.05) is 6.26 Å². The van der Waals surface area contributed by atoms with Crippen LogP contribution in [0.5, 0.6) is 0 Å². The smallest absolute Gasteiger partial charge is 0.269 e. The number of allylic oxidation sites excluding steroid dienone is 2. The van der Waals surface area contributed by atoms with Crippen LogP contribution in [-0.2, 0) is 4.79 Å². The Morgan fingerprint density at radius 1 is 1.31 bits per heavy atom. The number of thioether (sulfide) groups is 1. The van der Waals surface area contributed by atoms with Crippen LogP contribution in [0.25, 0.3) is 0 Å². The highest BCUT2D eigenvalue weighted by molar-refractivity contribution is 7.98. The number of anilines is 1. The number of aromatic nitrogens is 3. The van der Waals surface area contributed by atoms with E-state index in [9.17, 15) is 14.9 Å². The molecule has 1 aromatic carbocycles. The Hall–Kier alpha value is -2.68. The van der Waals surface area contributed by atoms with Crippen molar-refractivity contribution in [3.05, 3.63) is 51.2 Å². The topological polar surface area (TPSA) is 103 Å². The zero-order valence-electron chi connectivity index (χ0n) is 14.3. The first-order valence-corrected chi connectivity index (χ1v) is 9.48. The number of carbonyl (C=O) groups excluding carboxylic acids is 1. The third-order valence-corrected chi connectivity index (χ3v) is 5.24. The summed E-state index contributed by atoms with van der Waals surface area (Å²) >= 11 is 1.42. The molecule has 134 valence electrons. The summed E-state index contributed by atoms with van der Waals surface area (Å²) in [5, 5.41) is 19.3. The highest BCUT2D eigenvalue weighted by Gasteiger charge is 2.38. The van der Waals surface area contributed by atoms with Crippen molar-refractivity contribution in [3.63, 3.8) is 0 Å². The Morgan fingerprint density at radius 3 is 2.69 bits per heavy atom. The number of nitro groups is 1. The van der Waals surface area contributed by atoms with Crippen molar-refractivity contribution in [2.75, 3.05) is 11.6 Å². The summed E-state index contributed by atoms with van der Waals surface area (Å²) in [6.07, 6.45) is 3.15. The molecule has 1 aliphatic carbocycles. The molecule has 0 bridgehead atoms. The molecule has 4 rings (SSSR count). The predicted octanol–water partition coefficient (Wildman–Crippen LogP) is 3.18. The lowest BCUT2D eigenvalue weighted by Crippen LogP contribution is -2.33. The second kappa shape index (κ2) is 6.24. The van der Waals surface area contributed by atoms with E-state index in [2.05, 4.69) is 22.3 Å². The third-order valence-electron chi connectivity index (χ3n) is 4.71. The van der Waals surface area contributed by atoms with Gasteiger partial charge < -0.3 is 5.32 Å². The highest BCUT2D eigenvalue weighted by atomic mass is 32.2. The molecule has 1 aromatic heterocycles. The number of non-ortho nitro benzene ring substituents is 1. The Kier molecular flexibility index (Phi) is 4.03. The van der Waals surface area contributed by atoms with Crippen molar-refractivity contribution < 1.29 is 9.72 Å². The first-order valence-electron chi connectivity index (χ1n) is 8.26. The summed E-state index contributed by atoms with van der Waals surface area (Å²) in [7, 11) is 0. The SMILES string of the molecule is CSc1nc2n(n1)[C@@H](c1ccc([N+](=O)[O-])cc1)C1=C(C[C@@H](C)CC1=O)N2. The van der Waals surface area contributed by atoms with Crippen LogP contribution in [0.2, 0.25) is 0 Å². The van der Waals surface area contributed by atoms with E-state index < -0.39 is 11.0 Å². The second-order valence-electron chi connectivity index (χ2n) is 6.57. The number of nitro benzene ring substituents is 1. The molecule has 26 heavy (non-hydrogen) atoms. The minimum atomic E-state index is -0.433. The molecule has 2 atom stereocenters. The van der Waals surface area contributed by atoms with E-state index in [-0.39, 0.29) is 17.4 Å². The molecule has 0 saturated carbocycles. The van der Waals surface area contributed by atoms with Crippen LogP contribution < -0.4 is 5.32 Å². The molecule has 1 aliphatic heterocycles. The number of hydrogen-bond acceptors (Lipinski definition) is 7. The van der Waals surface area contributed by atoms with Gasteiger partial charge in [-0.05, 0) is 36.3 Å². The minimum absolute atomic E-state index is 0.0177. The van der Waals surface area contributed by atoms with Gasteiger partial charge in [0.1, 0.15) is 6.04 Å². The minimum Gasteiger partial charge on any atom is -0.328 e. The highest BCUT2D eigenvalue weighted by Crippen LogP contribution is 2.41. The zero-order valence-corrected chi connectivity index (χ0v) is 15.1. The van der Waals surface area contributed by atoms with Gasteiger partial charge in [-0.1, -0.05) is 18.7 Å². The fourth-order valence-electron chi connectivity index (χ4n) is 3.56. The summed E-state index contributed by atoms with van der Waals surface area (Å²) in [4.78, 5) is 27.8. The van der Waals surface area contributed by atoms with Crippen LogP contribution in [0.15, 0.2) is 40.7 Å². The number of rotatable bonds is 3. The van der Waals surface area contributed by atoms with E-state index in [0.717, 1.165) is 17.7 Å². The average molecular weight is 371 g/mol. The van der Waals surface area contributed by atoms with Crippen LogP contribution >= 0.6 is 11.8 Å². The Balaban J connectivity index is 1.86. The molecular weight excluding hydrogens is 354 g/mol. The second-order valence-corrected chi connectivity index (χ2v) is 7.35. The average Bonchev–Trinajstić information content (AvgIpc) is 3.02. The van der Waals surface area contributed by atoms with Gasteiger partial charge in [-0.2, -0.15) is 4.98 Å². The third kappa shape index (κ3) is 2.68. The number of carbonyl (C=O) groups is 1. The molecule has 0 unspecified atom stereocenters. The number of fused-ring (bicyclic) bond motifs is 1. The van der Waals surface area contributed by atoms with Gasteiger partial charge in [-0.15, -0.1) is 5.10 Å². The van der Waals surface area contributed by atoms with Crippen molar-refractivity contribution in [1.82, 2.24) is 14.8 Å². The first-order chi connectivity index (χ1) is 12.5. The van der Waals surface area contributed by atoms with E-state index in [1.54, 1.807) is 16.8 Å². The molecule has 0 saturated heterocycles. The van der Waals surface area contributed by atoms with Gasteiger partial charge in [0.05, 0.1) is 4.92 Å². The lowest BCUT2D eigenvalue weighted by atomic mass is 9.81. The monoisotopic (exact) mass is 371 g/mol. The van der Waals surface area contributed by atoms with E-state index in [1.165, 1.54) is 23.9 Å². The maximum atomic E-state index is 12.8. The van der Waals surface area contributed by atoms with Crippen LogP contribution in [-0.4, -0.2) is 31.7 Å². The van der Waals surface area contributed by atoms with Crippen LogP contribution in [0, 0.1) is 16.0 Å². The largest absolute Gasteiger partial charge is 0.328 e. The van der Waals surface area contributed by atoms with Crippen LogP contribution in [0.4, 0.5) is 11.6 Å². The Morgan fingerprint density at radius 2 is 2.04 bits per heavy atom. The molecular formula is C17H17N5O3S. The van der Waals surface area contributed by atoms with Gasteiger partial charge in [-0.25, -0.2) is 4.68 Å². The van der Waals surface area contributed by atoms with Gasteiger partial charge in [0.15, 0.2) is 5.78 Å². The van der Waals surface area contributed by atoms with Gasteiger partial charge in [0.2, 0.25) is 11.1 Å².